The Kier molecular flexibility index (Phi) is 4.31. The third kappa shape index (κ3) is 4.04. The SMILES string of the molecule is CC(N)(CO)CCSc1ccncn1. The van der Waals surface area contributed by atoms with E-state index in [1.165, 1.54) is 6.33 Å². The quantitative estimate of drug-likeness (QED) is 0.555. The monoisotopic (exact) mass is 213 g/mol. The van der Waals surface area contributed by atoms with Gasteiger partial charge in [-0.05, 0) is 19.4 Å². The largest absolute Gasteiger partial charge is 0.394 e. The summed E-state index contributed by atoms with van der Waals surface area (Å²) in [5, 5.41) is 9.87. The van der Waals surface area contributed by atoms with Gasteiger partial charge < -0.3 is 10.8 Å². The molecule has 1 atom stereocenters. The Balaban J connectivity index is 2.29. The van der Waals surface area contributed by atoms with Gasteiger partial charge in [0, 0.05) is 17.5 Å². The van der Waals surface area contributed by atoms with E-state index in [9.17, 15) is 0 Å². The molecule has 0 saturated heterocycles. The predicted octanol–water partition coefficient (Wildman–Crippen LogP) is 0.669. The molecule has 0 fully saturated rings. The van der Waals surface area contributed by atoms with Gasteiger partial charge in [-0.3, -0.25) is 0 Å². The second-order valence-corrected chi connectivity index (χ2v) is 4.57. The smallest absolute Gasteiger partial charge is 0.116 e. The van der Waals surface area contributed by atoms with E-state index in [0.29, 0.717) is 0 Å². The van der Waals surface area contributed by atoms with Crippen LogP contribution in [0.2, 0.25) is 0 Å². The van der Waals surface area contributed by atoms with Crippen molar-refractivity contribution < 1.29 is 5.11 Å². The second kappa shape index (κ2) is 5.29. The molecular weight excluding hydrogens is 198 g/mol. The summed E-state index contributed by atoms with van der Waals surface area (Å²) in [6.07, 6.45) is 4.00. The van der Waals surface area contributed by atoms with E-state index in [2.05, 4.69) is 9.97 Å². The Morgan fingerprint density at radius 3 is 3.00 bits per heavy atom. The summed E-state index contributed by atoms with van der Waals surface area (Å²) in [5.74, 6) is 0.852. The van der Waals surface area contributed by atoms with E-state index in [-0.39, 0.29) is 6.61 Å². The van der Waals surface area contributed by atoms with Gasteiger partial charge in [0.05, 0.1) is 11.6 Å². The maximum atomic E-state index is 8.93. The number of rotatable bonds is 5. The van der Waals surface area contributed by atoms with E-state index >= 15 is 0 Å². The zero-order chi connectivity index (χ0) is 10.4. The van der Waals surface area contributed by atoms with Gasteiger partial charge >= 0.3 is 0 Å². The van der Waals surface area contributed by atoms with Crippen LogP contribution in [0.25, 0.3) is 0 Å². The van der Waals surface area contributed by atoms with Gasteiger partial charge in [0.25, 0.3) is 0 Å². The molecule has 1 rings (SSSR count). The van der Waals surface area contributed by atoms with Gasteiger partial charge in [0.15, 0.2) is 0 Å². The lowest BCUT2D eigenvalue weighted by Gasteiger charge is -2.20. The van der Waals surface area contributed by atoms with E-state index in [4.69, 9.17) is 10.8 Å². The fraction of sp³-hybridized carbons (Fsp3) is 0.556. The summed E-state index contributed by atoms with van der Waals surface area (Å²) < 4.78 is 0. The highest BCUT2D eigenvalue weighted by Crippen LogP contribution is 2.17. The van der Waals surface area contributed by atoms with Gasteiger partial charge in [-0.2, -0.15) is 0 Å². The summed E-state index contributed by atoms with van der Waals surface area (Å²) in [4.78, 5) is 7.90. The average molecular weight is 213 g/mol. The number of nitrogens with two attached hydrogens (primary N) is 1. The molecule has 0 aliphatic heterocycles. The van der Waals surface area contributed by atoms with Crippen molar-refractivity contribution in [3.05, 3.63) is 18.6 Å². The molecular formula is C9H15N3OS. The van der Waals surface area contributed by atoms with Crippen molar-refractivity contribution >= 4 is 11.8 Å². The van der Waals surface area contributed by atoms with Crippen LogP contribution in [0.1, 0.15) is 13.3 Å². The fourth-order valence-corrected chi connectivity index (χ4v) is 1.89. The summed E-state index contributed by atoms with van der Waals surface area (Å²) >= 11 is 1.62. The van der Waals surface area contributed by atoms with Gasteiger partial charge in [-0.15, -0.1) is 11.8 Å². The summed E-state index contributed by atoms with van der Waals surface area (Å²) in [6.45, 7) is 1.85. The molecule has 0 bridgehead atoms. The molecule has 1 heterocycles. The number of aliphatic hydroxyl groups excluding tert-OH is 1. The first-order valence-electron chi connectivity index (χ1n) is 4.43. The Hall–Kier alpha value is -0.650. The number of hydrogen-bond donors (Lipinski definition) is 2. The molecule has 0 radical (unpaired) electrons. The van der Waals surface area contributed by atoms with Crippen molar-refractivity contribution in [2.45, 2.75) is 23.9 Å². The minimum atomic E-state index is -0.486. The summed E-state index contributed by atoms with van der Waals surface area (Å²) in [6, 6.07) is 1.86. The van der Waals surface area contributed by atoms with Gasteiger partial charge in [0.1, 0.15) is 6.33 Å². The molecule has 1 unspecified atom stereocenters. The van der Waals surface area contributed by atoms with Crippen molar-refractivity contribution in [1.29, 1.82) is 0 Å². The molecule has 5 heteroatoms. The molecule has 1 aromatic rings. The van der Waals surface area contributed by atoms with Crippen LogP contribution in [-0.2, 0) is 0 Å². The van der Waals surface area contributed by atoms with Crippen molar-refractivity contribution in [1.82, 2.24) is 9.97 Å². The van der Waals surface area contributed by atoms with Crippen LogP contribution < -0.4 is 5.73 Å². The Bertz CT molecular complexity index is 266. The molecule has 0 amide bonds. The first-order chi connectivity index (χ1) is 6.64. The van der Waals surface area contributed by atoms with Crippen LogP contribution in [0.5, 0.6) is 0 Å². The average Bonchev–Trinajstić information content (AvgIpc) is 2.19. The van der Waals surface area contributed by atoms with Crippen molar-refractivity contribution in [3.63, 3.8) is 0 Å². The molecule has 4 nitrogen and oxygen atoms in total. The first kappa shape index (κ1) is 11.4. The maximum absolute atomic E-state index is 8.93. The van der Waals surface area contributed by atoms with Crippen LogP contribution in [0.4, 0.5) is 0 Å². The van der Waals surface area contributed by atoms with Crippen LogP contribution in [0, 0.1) is 0 Å². The lowest BCUT2D eigenvalue weighted by atomic mass is 10.0. The third-order valence-electron chi connectivity index (χ3n) is 1.84. The normalized spacial score (nSPS) is 15.1. The lowest BCUT2D eigenvalue weighted by Crippen LogP contribution is -2.40. The maximum Gasteiger partial charge on any atom is 0.116 e. The number of hydrogen-bond acceptors (Lipinski definition) is 5. The Labute approximate surface area is 88.0 Å². The second-order valence-electron chi connectivity index (χ2n) is 3.46. The minimum absolute atomic E-state index is 0.0112. The van der Waals surface area contributed by atoms with Crippen molar-refractivity contribution in [2.24, 2.45) is 5.73 Å². The summed E-state index contributed by atoms with van der Waals surface area (Å²) in [5.41, 5.74) is 5.30. The van der Waals surface area contributed by atoms with E-state index in [0.717, 1.165) is 17.2 Å². The van der Waals surface area contributed by atoms with Crippen LogP contribution in [-0.4, -0.2) is 33.0 Å². The standard InChI is InChI=1S/C9H15N3OS/c1-9(10,6-13)3-5-14-8-2-4-11-7-12-8/h2,4,7,13H,3,5-6,10H2,1H3. The van der Waals surface area contributed by atoms with Gasteiger partial charge in [-0.25, -0.2) is 9.97 Å². The molecule has 0 aliphatic rings. The highest BCUT2D eigenvalue weighted by Gasteiger charge is 2.16. The van der Waals surface area contributed by atoms with Crippen LogP contribution >= 0.6 is 11.8 Å². The van der Waals surface area contributed by atoms with Crippen LogP contribution in [0.3, 0.4) is 0 Å². The molecule has 0 saturated carbocycles. The number of aliphatic hydroxyl groups is 1. The molecule has 0 spiro atoms. The molecule has 78 valence electrons. The van der Waals surface area contributed by atoms with Crippen molar-refractivity contribution in [2.75, 3.05) is 12.4 Å². The third-order valence-corrected chi connectivity index (χ3v) is 2.78. The molecule has 0 aromatic carbocycles. The molecule has 1 aromatic heterocycles. The van der Waals surface area contributed by atoms with E-state index in [1.807, 2.05) is 13.0 Å². The summed E-state index contributed by atoms with van der Waals surface area (Å²) in [7, 11) is 0. The highest BCUT2D eigenvalue weighted by molar-refractivity contribution is 7.99. The highest BCUT2D eigenvalue weighted by atomic mass is 32.2. The Morgan fingerprint density at radius 1 is 1.64 bits per heavy atom. The molecule has 0 aliphatic carbocycles. The van der Waals surface area contributed by atoms with E-state index in [1.54, 1.807) is 18.0 Å². The fourth-order valence-electron chi connectivity index (χ4n) is 0.832. The number of aromatic nitrogens is 2. The zero-order valence-electron chi connectivity index (χ0n) is 8.18. The first-order valence-corrected chi connectivity index (χ1v) is 5.41. The lowest BCUT2D eigenvalue weighted by molar-refractivity contribution is 0.206. The zero-order valence-corrected chi connectivity index (χ0v) is 9.00. The van der Waals surface area contributed by atoms with Crippen molar-refractivity contribution in [3.8, 4) is 0 Å². The minimum Gasteiger partial charge on any atom is -0.394 e. The topological polar surface area (TPSA) is 72.0 Å². The van der Waals surface area contributed by atoms with Gasteiger partial charge in [0.2, 0.25) is 0 Å². The van der Waals surface area contributed by atoms with E-state index < -0.39 is 5.54 Å². The molecule has 14 heavy (non-hydrogen) atoms. The molecule has 3 N–H and O–H groups in total. The van der Waals surface area contributed by atoms with Gasteiger partial charge in [-0.1, -0.05) is 0 Å². The van der Waals surface area contributed by atoms with Crippen LogP contribution in [0.15, 0.2) is 23.6 Å². The number of nitrogens with zero attached hydrogens (tertiary/aromatic N) is 2. The Morgan fingerprint density at radius 2 is 2.43 bits per heavy atom. The predicted molar refractivity (Wildman–Crippen MR) is 57.1 cm³/mol. The number of thioether (sulfide) groups is 1.